The summed E-state index contributed by atoms with van der Waals surface area (Å²) >= 11 is 0. The number of ether oxygens (including phenoxy) is 1. The number of fused-ring (bicyclic) bond motifs is 1. The van der Waals surface area contributed by atoms with Crippen LogP contribution in [-0.2, 0) is 9.59 Å². The molecule has 0 bridgehead atoms. The Morgan fingerprint density at radius 2 is 1.80 bits per heavy atom. The van der Waals surface area contributed by atoms with E-state index in [0.717, 1.165) is 11.4 Å². The molecule has 25 heavy (non-hydrogen) atoms. The van der Waals surface area contributed by atoms with Gasteiger partial charge in [0.2, 0.25) is 11.8 Å². The average Bonchev–Trinajstić information content (AvgIpc) is 2.57. The first kappa shape index (κ1) is 16.6. The molecule has 1 aliphatic heterocycles. The van der Waals surface area contributed by atoms with Crippen LogP contribution in [0.1, 0.15) is 6.92 Å². The van der Waals surface area contributed by atoms with Crippen molar-refractivity contribution in [2.75, 3.05) is 41.0 Å². The molecular weight excluding hydrogens is 320 g/mol. The molecule has 2 aromatic rings. The summed E-state index contributed by atoms with van der Waals surface area (Å²) in [5.74, 6) is 0.456. The number of benzene rings is 2. The number of carbonyl (C=O) groups excluding carboxylic acids is 2. The third-order valence-corrected chi connectivity index (χ3v) is 3.77. The monoisotopic (exact) mass is 340 g/mol. The zero-order valence-electron chi connectivity index (χ0n) is 13.9. The van der Waals surface area contributed by atoms with Crippen molar-refractivity contribution in [2.45, 2.75) is 6.92 Å². The van der Waals surface area contributed by atoms with E-state index in [0.29, 0.717) is 30.2 Å². The van der Waals surface area contributed by atoms with Gasteiger partial charge in [-0.05, 0) is 42.5 Å². The van der Waals surface area contributed by atoms with Gasteiger partial charge >= 0.3 is 0 Å². The highest BCUT2D eigenvalue weighted by Crippen LogP contribution is 2.33. The maximum Gasteiger partial charge on any atom is 0.243 e. The number of nitrogens with one attached hydrogen (secondary N) is 2. The molecule has 0 aliphatic carbocycles. The highest BCUT2D eigenvalue weighted by Gasteiger charge is 2.20. The Labute approximate surface area is 145 Å². The number of carbonyl (C=O) groups is 2. The van der Waals surface area contributed by atoms with E-state index >= 15 is 0 Å². The van der Waals surface area contributed by atoms with Crippen LogP contribution in [-0.4, -0.2) is 31.5 Å². The molecule has 7 nitrogen and oxygen atoms in total. The SMILES string of the molecule is CC(=O)Nc1ccc(NC(=O)CN2CCOc3ccc(N)cc32)cc1. The first-order chi connectivity index (χ1) is 12.0. The van der Waals surface area contributed by atoms with Crippen LogP contribution in [0.5, 0.6) is 5.75 Å². The van der Waals surface area contributed by atoms with Crippen molar-refractivity contribution >= 4 is 34.6 Å². The fourth-order valence-electron chi connectivity index (χ4n) is 2.67. The minimum atomic E-state index is -0.137. The average molecular weight is 340 g/mol. The van der Waals surface area contributed by atoms with Gasteiger partial charge in [-0.3, -0.25) is 9.59 Å². The zero-order valence-corrected chi connectivity index (χ0v) is 13.9. The molecule has 1 aliphatic rings. The van der Waals surface area contributed by atoms with E-state index in [2.05, 4.69) is 10.6 Å². The van der Waals surface area contributed by atoms with Gasteiger partial charge in [-0.2, -0.15) is 0 Å². The van der Waals surface area contributed by atoms with Gasteiger partial charge in [0, 0.05) is 24.0 Å². The summed E-state index contributed by atoms with van der Waals surface area (Å²) in [6, 6.07) is 12.4. The predicted octanol–water partition coefficient (Wildman–Crippen LogP) is 2.06. The Kier molecular flexibility index (Phi) is 4.74. The van der Waals surface area contributed by atoms with Crippen LogP contribution in [0.2, 0.25) is 0 Å². The van der Waals surface area contributed by atoms with E-state index in [-0.39, 0.29) is 18.4 Å². The molecule has 0 unspecified atom stereocenters. The molecule has 0 saturated heterocycles. The Hall–Kier alpha value is -3.22. The molecule has 2 aromatic carbocycles. The van der Waals surface area contributed by atoms with E-state index in [1.54, 1.807) is 30.3 Å². The quantitative estimate of drug-likeness (QED) is 0.740. The molecule has 3 rings (SSSR count). The highest BCUT2D eigenvalue weighted by atomic mass is 16.5. The maximum atomic E-state index is 12.3. The van der Waals surface area contributed by atoms with Crippen LogP contribution < -0.4 is 26.0 Å². The third-order valence-electron chi connectivity index (χ3n) is 3.77. The van der Waals surface area contributed by atoms with Crippen LogP contribution in [0.15, 0.2) is 42.5 Å². The summed E-state index contributed by atoms with van der Waals surface area (Å²) < 4.78 is 5.59. The molecule has 1 heterocycles. The molecule has 0 aromatic heterocycles. The normalized spacial score (nSPS) is 12.8. The minimum Gasteiger partial charge on any atom is -0.490 e. The fourth-order valence-corrected chi connectivity index (χ4v) is 2.67. The van der Waals surface area contributed by atoms with Crippen LogP contribution in [0, 0.1) is 0 Å². The summed E-state index contributed by atoms with van der Waals surface area (Å²) in [5, 5.41) is 5.53. The number of amides is 2. The number of hydrogen-bond donors (Lipinski definition) is 3. The number of nitrogens with two attached hydrogens (primary N) is 1. The van der Waals surface area contributed by atoms with Crippen LogP contribution in [0.25, 0.3) is 0 Å². The number of hydrogen-bond acceptors (Lipinski definition) is 5. The molecule has 0 radical (unpaired) electrons. The number of rotatable bonds is 4. The number of nitrogens with zero attached hydrogens (tertiary/aromatic N) is 1. The summed E-state index contributed by atoms with van der Waals surface area (Å²) in [6.45, 7) is 2.79. The van der Waals surface area contributed by atoms with Gasteiger partial charge in [-0.15, -0.1) is 0 Å². The highest BCUT2D eigenvalue weighted by molar-refractivity contribution is 5.95. The van der Waals surface area contributed by atoms with Crippen molar-refractivity contribution in [3.63, 3.8) is 0 Å². The van der Waals surface area contributed by atoms with Crippen molar-refractivity contribution in [1.29, 1.82) is 0 Å². The number of anilines is 4. The van der Waals surface area contributed by atoms with Gasteiger partial charge in [-0.25, -0.2) is 0 Å². The second kappa shape index (κ2) is 7.12. The first-order valence-electron chi connectivity index (χ1n) is 7.96. The Morgan fingerprint density at radius 1 is 1.12 bits per heavy atom. The molecule has 0 spiro atoms. The summed E-state index contributed by atoms with van der Waals surface area (Å²) in [5.41, 5.74) is 8.63. The van der Waals surface area contributed by atoms with Crippen molar-refractivity contribution < 1.29 is 14.3 Å². The lowest BCUT2D eigenvalue weighted by atomic mass is 10.2. The van der Waals surface area contributed by atoms with E-state index in [4.69, 9.17) is 10.5 Å². The smallest absolute Gasteiger partial charge is 0.243 e. The van der Waals surface area contributed by atoms with Crippen molar-refractivity contribution in [2.24, 2.45) is 0 Å². The Balaban J connectivity index is 1.64. The van der Waals surface area contributed by atoms with Gasteiger partial charge in [0.05, 0.1) is 18.8 Å². The molecule has 0 saturated carbocycles. The summed E-state index contributed by atoms with van der Waals surface area (Å²) in [4.78, 5) is 25.3. The second-order valence-corrected chi connectivity index (χ2v) is 5.80. The van der Waals surface area contributed by atoms with Gasteiger partial charge in [0.25, 0.3) is 0 Å². The molecule has 4 N–H and O–H groups in total. The fraction of sp³-hybridized carbons (Fsp3) is 0.222. The van der Waals surface area contributed by atoms with Crippen LogP contribution in [0.3, 0.4) is 0 Å². The van der Waals surface area contributed by atoms with Crippen molar-refractivity contribution in [1.82, 2.24) is 0 Å². The minimum absolute atomic E-state index is 0.137. The van der Waals surface area contributed by atoms with Gasteiger partial charge < -0.3 is 26.0 Å². The topological polar surface area (TPSA) is 96.7 Å². The van der Waals surface area contributed by atoms with E-state index in [1.807, 2.05) is 17.0 Å². The predicted molar refractivity (Wildman–Crippen MR) is 97.9 cm³/mol. The lowest BCUT2D eigenvalue weighted by Gasteiger charge is -2.30. The summed E-state index contributed by atoms with van der Waals surface area (Å²) in [7, 11) is 0. The molecule has 0 fully saturated rings. The van der Waals surface area contributed by atoms with Gasteiger partial charge in [0.1, 0.15) is 12.4 Å². The molecule has 0 atom stereocenters. The van der Waals surface area contributed by atoms with E-state index in [1.165, 1.54) is 6.92 Å². The number of nitrogen functional groups attached to an aromatic ring is 1. The van der Waals surface area contributed by atoms with Gasteiger partial charge in [-0.1, -0.05) is 0 Å². The second-order valence-electron chi connectivity index (χ2n) is 5.80. The van der Waals surface area contributed by atoms with E-state index < -0.39 is 0 Å². The standard InChI is InChI=1S/C18H20N4O3/c1-12(23)20-14-3-5-15(6-4-14)21-18(24)11-22-8-9-25-17-7-2-13(19)10-16(17)22/h2-7,10H,8-9,11,19H2,1H3,(H,20,23)(H,21,24). The molecule has 130 valence electrons. The van der Waals surface area contributed by atoms with Crippen molar-refractivity contribution in [3.8, 4) is 5.75 Å². The summed E-state index contributed by atoms with van der Waals surface area (Å²) in [6.07, 6.45) is 0. The molecule has 2 amide bonds. The molecular formula is C18H20N4O3. The van der Waals surface area contributed by atoms with Gasteiger partial charge in [0.15, 0.2) is 0 Å². The van der Waals surface area contributed by atoms with Crippen LogP contribution in [0.4, 0.5) is 22.7 Å². The lowest BCUT2D eigenvalue weighted by molar-refractivity contribution is -0.115. The maximum absolute atomic E-state index is 12.3. The van der Waals surface area contributed by atoms with Crippen LogP contribution >= 0.6 is 0 Å². The first-order valence-corrected chi connectivity index (χ1v) is 7.96. The Bertz CT molecular complexity index is 789. The largest absolute Gasteiger partial charge is 0.490 e. The zero-order chi connectivity index (χ0) is 17.8. The van der Waals surface area contributed by atoms with E-state index in [9.17, 15) is 9.59 Å². The molecule has 7 heteroatoms. The Morgan fingerprint density at radius 3 is 2.48 bits per heavy atom. The third kappa shape index (κ3) is 4.20. The lowest BCUT2D eigenvalue weighted by Crippen LogP contribution is -2.38. The van der Waals surface area contributed by atoms with Crippen molar-refractivity contribution in [3.05, 3.63) is 42.5 Å².